The number of carboxylic acid groups (broad SMARTS) is 1. The lowest BCUT2D eigenvalue weighted by Crippen LogP contribution is -2.33. The highest BCUT2D eigenvalue weighted by Gasteiger charge is 2.31. The summed E-state index contributed by atoms with van der Waals surface area (Å²) >= 11 is 1.51. The molecule has 1 aliphatic rings. The number of aromatic hydroxyl groups is 1. The van der Waals surface area contributed by atoms with Crippen molar-refractivity contribution in [2.75, 3.05) is 5.75 Å². The van der Waals surface area contributed by atoms with E-state index in [-0.39, 0.29) is 11.1 Å². The van der Waals surface area contributed by atoms with Gasteiger partial charge >= 0.3 is 5.97 Å². The van der Waals surface area contributed by atoms with Gasteiger partial charge in [0.15, 0.2) is 0 Å². The van der Waals surface area contributed by atoms with Gasteiger partial charge in [0.2, 0.25) is 0 Å². The number of carbonyl (C=O) groups is 1. The summed E-state index contributed by atoms with van der Waals surface area (Å²) in [7, 11) is 0. The molecule has 1 aromatic carbocycles. The number of pyridine rings is 1. The lowest BCUT2D eigenvalue weighted by Gasteiger charge is -2.11. The van der Waals surface area contributed by atoms with Crippen LogP contribution in [0.15, 0.2) is 30.3 Å². The molecule has 6 heteroatoms. The van der Waals surface area contributed by atoms with Crippen LogP contribution in [0, 0.1) is 0 Å². The first-order valence-corrected chi connectivity index (χ1v) is 6.89. The molecule has 2 heterocycles. The van der Waals surface area contributed by atoms with Crippen LogP contribution in [0.4, 0.5) is 0 Å². The van der Waals surface area contributed by atoms with E-state index in [9.17, 15) is 9.90 Å². The monoisotopic (exact) mass is 276 g/mol. The number of aromatic nitrogens is 1. The zero-order chi connectivity index (χ0) is 13.4. The molecule has 1 fully saturated rings. The molecule has 0 radical (unpaired) electrons. The first kappa shape index (κ1) is 12.3. The number of nitrogens with one attached hydrogen (secondary N) is 1. The molecule has 0 saturated carbocycles. The van der Waals surface area contributed by atoms with Crippen molar-refractivity contribution in [3.63, 3.8) is 0 Å². The Bertz CT molecular complexity index is 647. The minimum absolute atomic E-state index is 0.136. The molecule has 0 aliphatic carbocycles. The minimum Gasteiger partial charge on any atom is -0.506 e. The van der Waals surface area contributed by atoms with Gasteiger partial charge in [0, 0.05) is 11.1 Å². The third-order valence-corrected chi connectivity index (χ3v) is 4.31. The van der Waals surface area contributed by atoms with E-state index in [4.69, 9.17) is 5.11 Å². The molecule has 19 heavy (non-hydrogen) atoms. The topological polar surface area (TPSA) is 82.5 Å². The summed E-state index contributed by atoms with van der Waals surface area (Å²) in [5.74, 6) is -0.198. The Morgan fingerprint density at radius 1 is 1.37 bits per heavy atom. The van der Waals surface area contributed by atoms with E-state index < -0.39 is 12.0 Å². The van der Waals surface area contributed by atoms with Gasteiger partial charge in [-0.2, -0.15) is 0 Å². The van der Waals surface area contributed by atoms with E-state index in [0.29, 0.717) is 11.3 Å². The SMILES string of the molecule is O=C(O)[C@H]1CSC(c2ccc3cccc(O)c3n2)N1. The van der Waals surface area contributed by atoms with Crippen LogP contribution in [0.5, 0.6) is 5.75 Å². The largest absolute Gasteiger partial charge is 0.506 e. The van der Waals surface area contributed by atoms with Crippen molar-refractivity contribution in [3.05, 3.63) is 36.0 Å². The lowest BCUT2D eigenvalue weighted by atomic mass is 10.2. The predicted molar refractivity (Wildman–Crippen MR) is 73.2 cm³/mol. The quantitative estimate of drug-likeness (QED) is 0.775. The second kappa shape index (κ2) is 4.71. The van der Waals surface area contributed by atoms with E-state index in [0.717, 1.165) is 11.1 Å². The maximum atomic E-state index is 10.9. The Morgan fingerprint density at radius 2 is 2.21 bits per heavy atom. The third-order valence-electron chi connectivity index (χ3n) is 3.07. The average molecular weight is 276 g/mol. The van der Waals surface area contributed by atoms with E-state index >= 15 is 0 Å². The minimum atomic E-state index is -0.848. The number of benzene rings is 1. The molecular formula is C13H12N2O3S. The summed E-state index contributed by atoms with van der Waals surface area (Å²) in [5, 5.41) is 22.5. The highest BCUT2D eigenvalue weighted by molar-refractivity contribution is 7.99. The number of carboxylic acids is 1. The summed E-state index contributed by atoms with van der Waals surface area (Å²) in [5.41, 5.74) is 1.28. The van der Waals surface area contributed by atoms with Crippen LogP contribution < -0.4 is 5.32 Å². The van der Waals surface area contributed by atoms with Gasteiger partial charge in [0.1, 0.15) is 17.3 Å². The van der Waals surface area contributed by atoms with Crippen LogP contribution in [0.1, 0.15) is 11.1 Å². The van der Waals surface area contributed by atoms with E-state index in [2.05, 4.69) is 10.3 Å². The number of para-hydroxylation sites is 1. The Balaban J connectivity index is 1.94. The average Bonchev–Trinajstić information content (AvgIpc) is 2.89. The molecule has 5 nitrogen and oxygen atoms in total. The van der Waals surface area contributed by atoms with Gasteiger partial charge < -0.3 is 10.2 Å². The fourth-order valence-electron chi connectivity index (χ4n) is 2.08. The maximum absolute atomic E-state index is 10.9. The molecule has 1 aromatic heterocycles. The third kappa shape index (κ3) is 2.24. The van der Waals surface area contributed by atoms with Crippen LogP contribution in [-0.2, 0) is 4.79 Å². The van der Waals surface area contributed by atoms with Gasteiger partial charge in [-0.25, -0.2) is 4.98 Å². The summed E-state index contributed by atoms with van der Waals surface area (Å²) in [4.78, 5) is 15.3. The van der Waals surface area contributed by atoms with Crippen molar-refractivity contribution >= 4 is 28.6 Å². The summed E-state index contributed by atoms with van der Waals surface area (Å²) < 4.78 is 0. The summed E-state index contributed by atoms with van der Waals surface area (Å²) in [6.07, 6.45) is 0. The fourth-order valence-corrected chi connectivity index (χ4v) is 3.26. The Kier molecular flexibility index (Phi) is 3.04. The lowest BCUT2D eigenvalue weighted by molar-refractivity contribution is -0.138. The Morgan fingerprint density at radius 3 is 2.95 bits per heavy atom. The van der Waals surface area contributed by atoms with Crippen molar-refractivity contribution in [2.24, 2.45) is 0 Å². The number of thioether (sulfide) groups is 1. The second-order valence-corrected chi connectivity index (χ2v) is 5.49. The highest BCUT2D eigenvalue weighted by Crippen LogP contribution is 2.33. The predicted octanol–water partition coefficient (Wildman–Crippen LogP) is 1.73. The first-order chi connectivity index (χ1) is 9.15. The van der Waals surface area contributed by atoms with Gasteiger partial charge in [-0.3, -0.25) is 10.1 Å². The van der Waals surface area contributed by atoms with E-state index in [1.165, 1.54) is 11.8 Å². The number of phenols is 1. The molecule has 0 bridgehead atoms. The van der Waals surface area contributed by atoms with Crippen LogP contribution in [0.3, 0.4) is 0 Å². The smallest absolute Gasteiger partial charge is 0.321 e. The van der Waals surface area contributed by atoms with Crippen LogP contribution in [-0.4, -0.2) is 33.0 Å². The van der Waals surface area contributed by atoms with Gasteiger partial charge in [-0.05, 0) is 12.1 Å². The van der Waals surface area contributed by atoms with E-state index in [1.807, 2.05) is 18.2 Å². The molecule has 0 amide bonds. The van der Waals surface area contributed by atoms with Gasteiger partial charge in [0.25, 0.3) is 0 Å². The maximum Gasteiger partial charge on any atom is 0.321 e. The molecule has 2 aromatic rings. The van der Waals surface area contributed by atoms with Gasteiger partial charge in [-0.15, -0.1) is 11.8 Å². The highest BCUT2D eigenvalue weighted by atomic mass is 32.2. The number of hydrogen-bond acceptors (Lipinski definition) is 5. The first-order valence-electron chi connectivity index (χ1n) is 5.84. The van der Waals surface area contributed by atoms with Crippen molar-refractivity contribution in [2.45, 2.75) is 11.4 Å². The van der Waals surface area contributed by atoms with Crippen LogP contribution in [0.2, 0.25) is 0 Å². The zero-order valence-corrected chi connectivity index (χ0v) is 10.7. The molecular weight excluding hydrogens is 264 g/mol. The van der Waals surface area contributed by atoms with Crippen LogP contribution >= 0.6 is 11.8 Å². The molecule has 1 aliphatic heterocycles. The standard InChI is InChI=1S/C13H12N2O3S/c16-10-3-1-2-7-4-5-8(14-11(7)10)12-15-9(6-19-12)13(17)18/h1-5,9,12,15-16H,6H2,(H,17,18)/t9-,12?/m1/s1. The van der Waals surface area contributed by atoms with Crippen molar-refractivity contribution < 1.29 is 15.0 Å². The molecule has 3 N–H and O–H groups in total. The van der Waals surface area contributed by atoms with Crippen molar-refractivity contribution in [1.82, 2.24) is 10.3 Å². The number of aliphatic carboxylic acids is 1. The van der Waals surface area contributed by atoms with E-state index in [1.54, 1.807) is 12.1 Å². The summed E-state index contributed by atoms with van der Waals surface area (Å²) in [6.45, 7) is 0. The zero-order valence-electron chi connectivity index (χ0n) is 9.91. The fraction of sp³-hybridized carbons (Fsp3) is 0.231. The number of rotatable bonds is 2. The Labute approximate surface area is 113 Å². The normalized spacial score (nSPS) is 22.7. The Hall–Kier alpha value is -1.79. The van der Waals surface area contributed by atoms with Crippen molar-refractivity contribution in [1.29, 1.82) is 0 Å². The van der Waals surface area contributed by atoms with Crippen molar-refractivity contribution in [3.8, 4) is 5.75 Å². The van der Waals surface area contributed by atoms with Gasteiger partial charge in [-0.1, -0.05) is 18.2 Å². The number of fused-ring (bicyclic) bond motifs is 1. The van der Waals surface area contributed by atoms with Gasteiger partial charge in [0.05, 0.1) is 11.1 Å². The molecule has 1 unspecified atom stereocenters. The number of hydrogen-bond donors (Lipinski definition) is 3. The number of nitrogens with zero attached hydrogens (tertiary/aromatic N) is 1. The molecule has 3 rings (SSSR count). The number of phenolic OH excluding ortho intramolecular Hbond substituents is 1. The summed E-state index contributed by atoms with van der Waals surface area (Å²) in [6, 6.07) is 8.43. The molecule has 2 atom stereocenters. The van der Waals surface area contributed by atoms with Crippen LogP contribution in [0.25, 0.3) is 10.9 Å². The molecule has 1 saturated heterocycles. The second-order valence-electron chi connectivity index (χ2n) is 4.36. The molecule has 98 valence electrons. The molecule has 0 spiro atoms.